The van der Waals surface area contributed by atoms with Crippen molar-refractivity contribution in [2.24, 2.45) is 0 Å². The van der Waals surface area contributed by atoms with Gasteiger partial charge in [-0.05, 0) is 12.1 Å². The number of carboxylic acid groups (broad SMARTS) is 1. The second-order valence-electron chi connectivity index (χ2n) is 3.14. The SMILES string of the molecule is CN(CCC(=O)O)c1cccc(Cl)c1Cl. The van der Waals surface area contributed by atoms with Gasteiger partial charge in [0.2, 0.25) is 0 Å². The van der Waals surface area contributed by atoms with Crippen LogP contribution in [-0.4, -0.2) is 24.7 Å². The second-order valence-corrected chi connectivity index (χ2v) is 3.92. The van der Waals surface area contributed by atoms with Gasteiger partial charge in [0, 0.05) is 13.6 Å². The van der Waals surface area contributed by atoms with Crippen LogP contribution in [0.15, 0.2) is 18.2 Å². The van der Waals surface area contributed by atoms with Crippen molar-refractivity contribution < 1.29 is 9.90 Å². The third-order valence-corrected chi connectivity index (χ3v) is 2.81. The third-order valence-electron chi connectivity index (χ3n) is 2.00. The van der Waals surface area contributed by atoms with Gasteiger partial charge >= 0.3 is 5.97 Å². The van der Waals surface area contributed by atoms with Crippen LogP contribution in [-0.2, 0) is 4.79 Å². The van der Waals surface area contributed by atoms with Crippen molar-refractivity contribution >= 4 is 34.9 Å². The largest absolute Gasteiger partial charge is 0.481 e. The van der Waals surface area contributed by atoms with Gasteiger partial charge in [-0.15, -0.1) is 0 Å². The molecule has 0 aromatic heterocycles. The van der Waals surface area contributed by atoms with Crippen molar-refractivity contribution in [1.82, 2.24) is 0 Å². The van der Waals surface area contributed by atoms with E-state index in [9.17, 15) is 4.79 Å². The summed E-state index contributed by atoms with van der Waals surface area (Å²) in [5, 5.41) is 9.47. The first kappa shape index (κ1) is 12.1. The molecule has 0 saturated heterocycles. The minimum Gasteiger partial charge on any atom is -0.481 e. The lowest BCUT2D eigenvalue weighted by Crippen LogP contribution is -2.21. The van der Waals surface area contributed by atoms with Crippen molar-refractivity contribution in [3.8, 4) is 0 Å². The Kier molecular flexibility index (Phi) is 4.24. The van der Waals surface area contributed by atoms with E-state index in [1.54, 1.807) is 30.1 Å². The molecule has 0 aliphatic carbocycles. The molecule has 0 saturated carbocycles. The van der Waals surface area contributed by atoms with E-state index in [0.29, 0.717) is 16.6 Å². The lowest BCUT2D eigenvalue weighted by atomic mass is 10.3. The Balaban J connectivity index is 2.77. The molecule has 1 rings (SSSR count). The predicted octanol–water partition coefficient (Wildman–Crippen LogP) is 2.90. The van der Waals surface area contributed by atoms with E-state index in [1.165, 1.54) is 0 Å². The van der Waals surface area contributed by atoms with Crippen LogP contribution < -0.4 is 4.90 Å². The van der Waals surface area contributed by atoms with Crippen LogP contribution in [0, 0.1) is 0 Å². The zero-order valence-corrected chi connectivity index (χ0v) is 9.72. The molecular weight excluding hydrogens is 237 g/mol. The minimum atomic E-state index is -0.833. The molecule has 0 heterocycles. The van der Waals surface area contributed by atoms with Crippen LogP contribution in [0.25, 0.3) is 0 Å². The van der Waals surface area contributed by atoms with Gasteiger partial charge in [-0.1, -0.05) is 29.3 Å². The van der Waals surface area contributed by atoms with E-state index >= 15 is 0 Å². The Morgan fingerprint density at radius 2 is 2.13 bits per heavy atom. The summed E-state index contributed by atoms with van der Waals surface area (Å²) in [5.74, 6) is -0.833. The lowest BCUT2D eigenvalue weighted by Gasteiger charge is -2.19. The van der Waals surface area contributed by atoms with Gasteiger partial charge in [-0.3, -0.25) is 4.79 Å². The molecule has 0 amide bonds. The maximum Gasteiger partial charge on any atom is 0.305 e. The average Bonchev–Trinajstić information content (AvgIpc) is 2.18. The summed E-state index contributed by atoms with van der Waals surface area (Å²) in [6, 6.07) is 5.27. The summed E-state index contributed by atoms with van der Waals surface area (Å²) in [4.78, 5) is 12.2. The highest BCUT2D eigenvalue weighted by atomic mass is 35.5. The first-order valence-electron chi connectivity index (χ1n) is 4.39. The maximum absolute atomic E-state index is 10.4. The first-order valence-corrected chi connectivity index (χ1v) is 5.15. The number of halogens is 2. The molecule has 0 fully saturated rings. The molecule has 0 spiro atoms. The average molecular weight is 248 g/mol. The summed E-state index contributed by atoms with van der Waals surface area (Å²) in [6.45, 7) is 0.398. The topological polar surface area (TPSA) is 40.5 Å². The van der Waals surface area contributed by atoms with E-state index in [4.69, 9.17) is 28.3 Å². The van der Waals surface area contributed by atoms with E-state index in [1.807, 2.05) is 0 Å². The normalized spacial score (nSPS) is 10.1. The lowest BCUT2D eigenvalue weighted by molar-refractivity contribution is -0.136. The monoisotopic (exact) mass is 247 g/mol. The van der Waals surface area contributed by atoms with Crippen LogP contribution in [0.3, 0.4) is 0 Å². The van der Waals surface area contributed by atoms with E-state index < -0.39 is 5.97 Å². The van der Waals surface area contributed by atoms with Gasteiger partial charge in [0.25, 0.3) is 0 Å². The molecule has 0 aliphatic rings. The zero-order valence-electron chi connectivity index (χ0n) is 8.20. The summed E-state index contributed by atoms with van der Waals surface area (Å²) in [6.07, 6.45) is 0.0688. The van der Waals surface area contributed by atoms with Crippen LogP contribution in [0.2, 0.25) is 10.0 Å². The van der Waals surface area contributed by atoms with Crippen LogP contribution >= 0.6 is 23.2 Å². The number of carboxylic acids is 1. The van der Waals surface area contributed by atoms with Crippen LogP contribution in [0.5, 0.6) is 0 Å². The number of aliphatic carboxylic acids is 1. The summed E-state index contributed by atoms with van der Waals surface area (Å²) in [7, 11) is 1.78. The molecule has 5 heteroatoms. The fourth-order valence-corrected chi connectivity index (χ4v) is 1.61. The molecular formula is C10H11Cl2NO2. The van der Waals surface area contributed by atoms with Gasteiger partial charge in [-0.2, -0.15) is 0 Å². The highest BCUT2D eigenvalue weighted by Gasteiger charge is 2.09. The van der Waals surface area contributed by atoms with Crippen LogP contribution in [0.4, 0.5) is 5.69 Å². The highest BCUT2D eigenvalue weighted by molar-refractivity contribution is 6.43. The predicted molar refractivity (Wildman–Crippen MR) is 62.0 cm³/mol. The van der Waals surface area contributed by atoms with Crippen molar-refractivity contribution in [2.45, 2.75) is 6.42 Å². The Morgan fingerprint density at radius 1 is 1.47 bits per heavy atom. The van der Waals surface area contributed by atoms with Gasteiger partial charge < -0.3 is 10.0 Å². The summed E-state index contributed by atoms with van der Waals surface area (Å²) >= 11 is 11.8. The molecule has 1 aromatic rings. The number of anilines is 1. The van der Waals surface area contributed by atoms with E-state index in [0.717, 1.165) is 5.69 Å². The smallest absolute Gasteiger partial charge is 0.305 e. The molecule has 0 bridgehead atoms. The molecule has 3 nitrogen and oxygen atoms in total. The number of nitrogens with zero attached hydrogens (tertiary/aromatic N) is 1. The Hall–Kier alpha value is -0.930. The van der Waals surface area contributed by atoms with E-state index in [-0.39, 0.29) is 6.42 Å². The number of carbonyl (C=O) groups is 1. The molecule has 0 unspecified atom stereocenters. The van der Waals surface area contributed by atoms with Gasteiger partial charge in [0.05, 0.1) is 22.2 Å². The zero-order chi connectivity index (χ0) is 11.4. The maximum atomic E-state index is 10.4. The standard InChI is InChI=1S/C10H11Cl2NO2/c1-13(6-5-9(14)15)8-4-2-3-7(11)10(8)12/h2-4H,5-6H2,1H3,(H,14,15). The van der Waals surface area contributed by atoms with Crippen molar-refractivity contribution in [3.63, 3.8) is 0 Å². The highest BCUT2D eigenvalue weighted by Crippen LogP contribution is 2.31. The Bertz CT molecular complexity index is 368. The molecule has 1 aromatic carbocycles. The van der Waals surface area contributed by atoms with Crippen molar-refractivity contribution in [1.29, 1.82) is 0 Å². The molecule has 0 radical (unpaired) electrons. The fraction of sp³-hybridized carbons (Fsp3) is 0.300. The molecule has 0 atom stereocenters. The minimum absolute atomic E-state index is 0.0688. The summed E-state index contributed by atoms with van der Waals surface area (Å²) < 4.78 is 0. The Labute approximate surface area is 98.2 Å². The number of hydrogen-bond donors (Lipinski definition) is 1. The molecule has 82 valence electrons. The number of benzene rings is 1. The molecule has 0 aliphatic heterocycles. The van der Waals surface area contributed by atoms with E-state index in [2.05, 4.69) is 0 Å². The number of hydrogen-bond acceptors (Lipinski definition) is 2. The molecule has 1 N–H and O–H groups in total. The first-order chi connectivity index (χ1) is 7.02. The fourth-order valence-electron chi connectivity index (χ4n) is 1.17. The van der Waals surface area contributed by atoms with Crippen LogP contribution in [0.1, 0.15) is 6.42 Å². The molecule has 15 heavy (non-hydrogen) atoms. The van der Waals surface area contributed by atoms with Crippen molar-refractivity contribution in [2.75, 3.05) is 18.5 Å². The van der Waals surface area contributed by atoms with Gasteiger partial charge in [-0.25, -0.2) is 0 Å². The van der Waals surface area contributed by atoms with Gasteiger partial charge in [0.1, 0.15) is 0 Å². The second kappa shape index (κ2) is 5.24. The van der Waals surface area contributed by atoms with Crippen molar-refractivity contribution in [3.05, 3.63) is 28.2 Å². The summed E-state index contributed by atoms with van der Waals surface area (Å²) in [5.41, 5.74) is 0.741. The third kappa shape index (κ3) is 3.29. The Morgan fingerprint density at radius 3 is 2.73 bits per heavy atom. The number of rotatable bonds is 4. The quantitative estimate of drug-likeness (QED) is 0.890. The van der Waals surface area contributed by atoms with Gasteiger partial charge in [0.15, 0.2) is 0 Å².